The second kappa shape index (κ2) is 10.5. The van der Waals surface area contributed by atoms with Gasteiger partial charge in [-0.1, -0.05) is 54.5 Å². The predicted octanol–water partition coefficient (Wildman–Crippen LogP) is 4.61. The van der Waals surface area contributed by atoms with E-state index < -0.39 is 5.97 Å². The van der Waals surface area contributed by atoms with Crippen LogP contribution in [-0.4, -0.2) is 32.7 Å². The molecule has 0 fully saturated rings. The molecule has 0 spiro atoms. The number of fused-ring (bicyclic) bond motifs is 1. The molecule has 0 bridgehead atoms. The van der Waals surface area contributed by atoms with E-state index in [1.165, 1.54) is 5.56 Å². The Morgan fingerprint density at radius 2 is 1.90 bits per heavy atom. The fourth-order valence-corrected chi connectivity index (χ4v) is 3.27. The minimum Gasteiger partial charge on any atom is -0.478 e. The lowest BCUT2D eigenvalue weighted by Gasteiger charge is -2.06. The van der Waals surface area contributed by atoms with E-state index in [0.717, 1.165) is 67.1 Å². The van der Waals surface area contributed by atoms with Crippen LogP contribution in [0.3, 0.4) is 0 Å². The minimum absolute atomic E-state index is 0.675. The van der Waals surface area contributed by atoms with Crippen molar-refractivity contribution < 1.29 is 14.6 Å². The third-order valence-corrected chi connectivity index (χ3v) is 4.91. The van der Waals surface area contributed by atoms with Gasteiger partial charge in [0.15, 0.2) is 0 Å². The summed E-state index contributed by atoms with van der Waals surface area (Å²) in [5.74, 6) is -0.960. The number of hydrogen-bond acceptors (Lipinski definition) is 4. The molecule has 0 aliphatic carbocycles. The van der Waals surface area contributed by atoms with E-state index in [9.17, 15) is 4.79 Å². The highest BCUT2D eigenvalue weighted by atomic mass is 16.5. The SMILES string of the molecule is Cc1c(C=CC(=O)O)ccc2c1nnn2CCCCCCOCc1ccccc1. The van der Waals surface area contributed by atoms with Crippen molar-refractivity contribution in [3.63, 3.8) is 0 Å². The maximum absolute atomic E-state index is 10.7. The van der Waals surface area contributed by atoms with Crippen LogP contribution < -0.4 is 0 Å². The number of carboxylic acids is 1. The molecule has 6 heteroatoms. The molecule has 2 aromatic carbocycles. The molecule has 3 aromatic rings. The van der Waals surface area contributed by atoms with Gasteiger partial charge in [0.2, 0.25) is 0 Å². The summed E-state index contributed by atoms with van der Waals surface area (Å²) >= 11 is 0. The largest absolute Gasteiger partial charge is 0.478 e. The van der Waals surface area contributed by atoms with Gasteiger partial charge in [-0.15, -0.1) is 5.10 Å². The summed E-state index contributed by atoms with van der Waals surface area (Å²) < 4.78 is 7.65. The topological polar surface area (TPSA) is 77.2 Å². The van der Waals surface area contributed by atoms with E-state index in [4.69, 9.17) is 9.84 Å². The molecule has 1 heterocycles. The predicted molar refractivity (Wildman–Crippen MR) is 114 cm³/mol. The highest BCUT2D eigenvalue weighted by Crippen LogP contribution is 2.21. The van der Waals surface area contributed by atoms with Crippen molar-refractivity contribution in [2.24, 2.45) is 0 Å². The molecule has 0 radical (unpaired) electrons. The van der Waals surface area contributed by atoms with Crippen LogP contribution in [0.25, 0.3) is 17.1 Å². The van der Waals surface area contributed by atoms with Crippen LogP contribution in [0.2, 0.25) is 0 Å². The Kier molecular flexibility index (Phi) is 7.53. The minimum atomic E-state index is -0.960. The molecule has 6 nitrogen and oxygen atoms in total. The van der Waals surface area contributed by atoms with E-state index in [1.807, 2.05) is 41.9 Å². The van der Waals surface area contributed by atoms with E-state index in [-0.39, 0.29) is 0 Å². The lowest BCUT2D eigenvalue weighted by Crippen LogP contribution is -2.01. The highest BCUT2D eigenvalue weighted by molar-refractivity contribution is 5.88. The standard InChI is InChI=1S/C23H27N3O3/c1-18-20(12-14-22(27)28)11-13-21-23(18)24-25-26(21)15-7-2-3-8-16-29-17-19-9-5-4-6-10-19/h4-6,9-14H,2-3,7-8,15-17H2,1H3,(H,27,28). The van der Waals surface area contributed by atoms with Gasteiger partial charge in [-0.2, -0.15) is 0 Å². The molecular weight excluding hydrogens is 366 g/mol. The lowest BCUT2D eigenvalue weighted by atomic mass is 10.1. The zero-order chi connectivity index (χ0) is 20.5. The zero-order valence-corrected chi connectivity index (χ0v) is 16.8. The third kappa shape index (κ3) is 5.99. The van der Waals surface area contributed by atoms with Gasteiger partial charge in [-0.3, -0.25) is 0 Å². The molecule has 0 saturated carbocycles. The Balaban J connectivity index is 1.40. The van der Waals surface area contributed by atoms with Crippen LogP contribution in [0, 0.1) is 6.92 Å². The summed E-state index contributed by atoms with van der Waals surface area (Å²) in [5.41, 5.74) is 4.82. The lowest BCUT2D eigenvalue weighted by molar-refractivity contribution is -0.131. The quantitative estimate of drug-likeness (QED) is 0.380. The smallest absolute Gasteiger partial charge is 0.328 e. The van der Waals surface area contributed by atoms with Crippen molar-refractivity contribution in [3.8, 4) is 0 Å². The molecule has 0 amide bonds. The second-order valence-corrected chi connectivity index (χ2v) is 7.08. The molecule has 0 atom stereocenters. The number of benzene rings is 2. The second-order valence-electron chi connectivity index (χ2n) is 7.08. The van der Waals surface area contributed by atoms with Gasteiger partial charge in [-0.25, -0.2) is 9.48 Å². The van der Waals surface area contributed by atoms with Crippen LogP contribution in [-0.2, 0) is 22.7 Å². The van der Waals surface area contributed by atoms with Gasteiger partial charge >= 0.3 is 5.97 Å². The summed E-state index contributed by atoms with van der Waals surface area (Å²) in [6, 6.07) is 14.1. The van der Waals surface area contributed by atoms with E-state index in [0.29, 0.717) is 6.61 Å². The Morgan fingerprint density at radius 1 is 1.10 bits per heavy atom. The Bertz CT molecular complexity index is 964. The fourth-order valence-electron chi connectivity index (χ4n) is 3.27. The highest BCUT2D eigenvalue weighted by Gasteiger charge is 2.09. The summed E-state index contributed by atoms with van der Waals surface area (Å²) in [5, 5.41) is 17.4. The number of ether oxygens (including phenoxy) is 1. The van der Waals surface area contributed by atoms with E-state index in [2.05, 4.69) is 22.4 Å². The fraction of sp³-hybridized carbons (Fsp3) is 0.348. The molecule has 0 unspecified atom stereocenters. The van der Waals surface area contributed by atoms with Crippen LogP contribution in [0.4, 0.5) is 0 Å². The number of carbonyl (C=O) groups is 1. The molecule has 1 aromatic heterocycles. The van der Waals surface area contributed by atoms with Gasteiger partial charge in [0.25, 0.3) is 0 Å². The van der Waals surface area contributed by atoms with Crippen LogP contribution in [0.5, 0.6) is 0 Å². The van der Waals surface area contributed by atoms with Crippen molar-refractivity contribution in [2.75, 3.05) is 6.61 Å². The molecule has 0 aliphatic heterocycles. The number of hydrogen-bond donors (Lipinski definition) is 1. The first kappa shape index (κ1) is 20.7. The normalized spacial score (nSPS) is 11.5. The van der Waals surface area contributed by atoms with Gasteiger partial charge in [0.05, 0.1) is 12.1 Å². The van der Waals surface area contributed by atoms with Gasteiger partial charge in [0.1, 0.15) is 5.52 Å². The number of aliphatic carboxylic acids is 1. The molecule has 0 aliphatic rings. The number of nitrogens with zero attached hydrogens (tertiary/aromatic N) is 3. The molecule has 1 N–H and O–H groups in total. The van der Waals surface area contributed by atoms with Crippen molar-refractivity contribution in [2.45, 2.75) is 45.8 Å². The van der Waals surface area contributed by atoms with E-state index >= 15 is 0 Å². The number of carboxylic acid groups (broad SMARTS) is 1. The Labute approximate surface area is 170 Å². The van der Waals surface area contributed by atoms with Crippen LogP contribution in [0.1, 0.15) is 42.4 Å². The first-order valence-corrected chi connectivity index (χ1v) is 10.0. The van der Waals surface area contributed by atoms with Gasteiger partial charge in [-0.05, 0) is 48.6 Å². The third-order valence-electron chi connectivity index (χ3n) is 4.91. The zero-order valence-electron chi connectivity index (χ0n) is 16.8. The first-order valence-electron chi connectivity index (χ1n) is 10.0. The maximum Gasteiger partial charge on any atom is 0.328 e. The average Bonchev–Trinajstić information content (AvgIpc) is 3.14. The molecule has 0 saturated heterocycles. The van der Waals surface area contributed by atoms with Crippen molar-refractivity contribution >= 4 is 23.1 Å². The maximum atomic E-state index is 10.7. The Morgan fingerprint density at radius 3 is 2.69 bits per heavy atom. The Hall–Kier alpha value is -2.99. The summed E-state index contributed by atoms with van der Waals surface area (Å²) in [6.07, 6.45) is 7.08. The summed E-state index contributed by atoms with van der Waals surface area (Å²) in [6.45, 7) is 4.23. The number of unbranched alkanes of at least 4 members (excludes halogenated alkanes) is 3. The molecule has 152 valence electrons. The monoisotopic (exact) mass is 393 g/mol. The number of aryl methyl sites for hydroxylation is 2. The van der Waals surface area contributed by atoms with Crippen LogP contribution in [0.15, 0.2) is 48.5 Å². The number of rotatable bonds is 11. The average molecular weight is 393 g/mol. The van der Waals surface area contributed by atoms with Crippen molar-refractivity contribution in [1.82, 2.24) is 15.0 Å². The molecule has 3 rings (SSSR count). The van der Waals surface area contributed by atoms with E-state index in [1.54, 1.807) is 6.08 Å². The summed E-state index contributed by atoms with van der Waals surface area (Å²) in [4.78, 5) is 10.7. The summed E-state index contributed by atoms with van der Waals surface area (Å²) in [7, 11) is 0. The van der Waals surface area contributed by atoms with Crippen molar-refractivity contribution in [1.29, 1.82) is 0 Å². The van der Waals surface area contributed by atoms with Crippen LogP contribution >= 0.6 is 0 Å². The van der Waals surface area contributed by atoms with Crippen molar-refractivity contribution in [3.05, 3.63) is 65.2 Å². The van der Waals surface area contributed by atoms with Gasteiger partial charge in [0, 0.05) is 19.2 Å². The molecule has 29 heavy (non-hydrogen) atoms. The number of aromatic nitrogens is 3. The first-order chi connectivity index (χ1) is 14.1. The van der Waals surface area contributed by atoms with Gasteiger partial charge < -0.3 is 9.84 Å². The molecular formula is C23H27N3O3.